The van der Waals surface area contributed by atoms with Gasteiger partial charge in [-0.1, -0.05) is 45.0 Å². The molecule has 0 saturated carbocycles. The molecule has 0 fully saturated rings. The number of ether oxygens (including phenoxy) is 2. The summed E-state index contributed by atoms with van der Waals surface area (Å²) in [4.78, 5) is 10.5. The number of benzene rings is 2. The number of methoxy groups -OCH3 is 2. The monoisotopic (exact) mass is 403 g/mol. The smallest absolute Gasteiger partial charge is 0.290 e. The number of aryl methyl sites for hydroxylation is 1. The fourth-order valence-electron chi connectivity index (χ4n) is 3.36. The van der Waals surface area contributed by atoms with E-state index in [1.165, 1.54) is 22.3 Å². The van der Waals surface area contributed by atoms with Crippen LogP contribution in [0.2, 0.25) is 0 Å². The van der Waals surface area contributed by atoms with E-state index in [4.69, 9.17) is 19.4 Å². The molecular weight excluding hydrogens is 366 g/mol. The third kappa shape index (κ3) is 7.78. The number of hydrogen-bond donors (Lipinski definition) is 1. The van der Waals surface area contributed by atoms with Crippen LogP contribution in [-0.2, 0) is 24.2 Å². The minimum atomic E-state index is -0.250. The van der Waals surface area contributed by atoms with Gasteiger partial charge in [0.1, 0.15) is 11.5 Å². The van der Waals surface area contributed by atoms with Crippen molar-refractivity contribution in [2.75, 3.05) is 28.3 Å². The zero-order valence-corrected chi connectivity index (χ0v) is 19.2. The predicted octanol–water partition coefficient (Wildman–Crippen LogP) is 4.95. The van der Waals surface area contributed by atoms with Gasteiger partial charge in [-0.2, -0.15) is 0 Å². The lowest BCUT2D eigenvalue weighted by Crippen LogP contribution is -2.13. The first-order valence-corrected chi connectivity index (χ1v) is 9.96. The zero-order chi connectivity index (χ0) is 22.4. The van der Waals surface area contributed by atoms with E-state index in [0.29, 0.717) is 0 Å². The minimum Gasteiger partial charge on any atom is -0.496 e. The summed E-state index contributed by atoms with van der Waals surface area (Å²) in [7, 11) is 7.60. The molecule has 5 nitrogen and oxygen atoms in total. The largest absolute Gasteiger partial charge is 0.496 e. The standard InChI is InChI=1S/C21H29NO2.C2H6.CH2O2/c1-7-18-15(2)9-8-10-16(18)13-19-20(23-5)12-11-17(14-22(3)4)21(19)24-6;1-2;2-1-3/h8-12H,7,13-14H2,1-6H3;1-2H3;1H,(H,2,3). The van der Waals surface area contributed by atoms with Crippen molar-refractivity contribution in [3.8, 4) is 11.5 Å². The van der Waals surface area contributed by atoms with Gasteiger partial charge in [-0.05, 0) is 50.2 Å². The van der Waals surface area contributed by atoms with E-state index in [1.807, 2.05) is 13.8 Å². The summed E-state index contributed by atoms with van der Waals surface area (Å²) < 4.78 is 11.4. The highest BCUT2D eigenvalue weighted by Gasteiger charge is 2.17. The molecule has 0 radical (unpaired) electrons. The molecule has 0 heterocycles. The first-order chi connectivity index (χ1) is 13.9. The highest BCUT2D eigenvalue weighted by atomic mass is 16.5. The molecule has 2 rings (SSSR count). The van der Waals surface area contributed by atoms with Crippen LogP contribution < -0.4 is 9.47 Å². The molecule has 0 saturated heterocycles. The zero-order valence-electron chi connectivity index (χ0n) is 19.2. The molecule has 1 N–H and O–H groups in total. The van der Waals surface area contributed by atoms with Crippen LogP contribution in [0.4, 0.5) is 0 Å². The predicted molar refractivity (Wildman–Crippen MR) is 120 cm³/mol. The Morgan fingerprint density at radius 2 is 1.62 bits per heavy atom. The van der Waals surface area contributed by atoms with Crippen LogP contribution in [0.3, 0.4) is 0 Å². The van der Waals surface area contributed by atoms with Crippen LogP contribution in [0.1, 0.15) is 48.6 Å². The molecule has 5 heteroatoms. The Bertz CT molecular complexity index is 742. The second kappa shape index (κ2) is 14.5. The van der Waals surface area contributed by atoms with E-state index in [-0.39, 0.29) is 6.47 Å². The minimum absolute atomic E-state index is 0.250. The molecule has 0 aliphatic heterocycles. The van der Waals surface area contributed by atoms with E-state index in [2.05, 4.69) is 63.2 Å². The summed E-state index contributed by atoms with van der Waals surface area (Å²) >= 11 is 0. The molecule has 2 aromatic carbocycles. The average molecular weight is 404 g/mol. The average Bonchev–Trinajstić information content (AvgIpc) is 2.70. The highest BCUT2D eigenvalue weighted by Crippen LogP contribution is 2.35. The molecule has 162 valence electrons. The molecule has 0 bridgehead atoms. The first kappa shape index (κ1) is 26.5. The number of carboxylic acid groups (broad SMARTS) is 1. The summed E-state index contributed by atoms with van der Waals surface area (Å²) in [5, 5.41) is 6.89. The first-order valence-electron chi connectivity index (χ1n) is 9.96. The van der Waals surface area contributed by atoms with Crippen molar-refractivity contribution in [1.82, 2.24) is 4.90 Å². The Balaban J connectivity index is 0.00000143. The molecule has 29 heavy (non-hydrogen) atoms. The lowest BCUT2D eigenvalue weighted by Gasteiger charge is -2.20. The van der Waals surface area contributed by atoms with Gasteiger partial charge in [0.25, 0.3) is 6.47 Å². The van der Waals surface area contributed by atoms with Gasteiger partial charge in [-0.15, -0.1) is 0 Å². The number of rotatable bonds is 7. The van der Waals surface area contributed by atoms with E-state index in [1.54, 1.807) is 14.2 Å². The number of nitrogens with zero attached hydrogens (tertiary/aromatic N) is 1. The SMILES string of the molecule is CC.CCc1c(C)cccc1Cc1c(OC)ccc(CN(C)C)c1OC.O=CO. The molecule has 0 unspecified atom stereocenters. The summed E-state index contributed by atoms with van der Waals surface area (Å²) in [5.41, 5.74) is 6.41. The summed E-state index contributed by atoms with van der Waals surface area (Å²) in [6.45, 7) is 8.98. The van der Waals surface area contributed by atoms with Crippen LogP contribution in [0, 0.1) is 6.92 Å². The van der Waals surface area contributed by atoms with Crippen molar-refractivity contribution in [2.24, 2.45) is 0 Å². The van der Waals surface area contributed by atoms with Gasteiger partial charge in [-0.3, -0.25) is 4.79 Å². The Morgan fingerprint density at radius 1 is 1.00 bits per heavy atom. The summed E-state index contributed by atoms with van der Waals surface area (Å²) in [5.74, 6) is 1.82. The topological polar surface area (TPSA) is 59.0 Å². The molecule has 0 atom stereocenters. The number of hydrogen-bond acceptors (Lipinski definition) is 4. The van der Waals surface area contributed by atoms with Crippen molar-refractivity contribution >= 4 is 6.47 Å². The van der Waals surface area contributed by atoms with Crippen LogP contribution in [-0.4, -0.2) is 44.8 Å². The van der Waals surface area contributed by atoms with Crippen LogP contribution in [0.15, 0.2) is 30.3 Å². The van der Waals surface area contributed by atoms with Crippen molar-refractivity contribution in [2.45, 2.75) is 47.1 Å². The second-order valence-corrected chi connectivity index (χ2v) is 6.52. The van der Waals surface area contributed by atoms with Gasteiger partial charge < -0.3 is 19.5 Å². The molecule has 0 amide bonds. The van der Waals surface area contributed by atoms with Crippen LogP contribution >= 0.6 is 0 Å². The fraction of sp³-hybridized carbons (Fsp3) is 0.458. The Morgan fingerprint density at radius 3 is 2.10 bits per heavy atom. The maximum Gasteiger partial charge on any atom is 0.290 e. The van der Waals surface area contributed by atoms with Crippen molar-refractivity contribution < 1.29 is 19.4 Å². The van der Waals surface area contributed by atoms with Gasteiger partial charge >= 0.3 is 0 Å². The van der Waals surface area contributed by atoms with E-state index in [9.17, 15) is 0 Å². The van der Waals surface area contributed by atoms with Gasteiger partial charge in [0.05, 0.1) is 14.2 Å². The maximum absolute atomic E-state index is 8.36. The Kier molecular flexibility index (Phi) is 13.2. The van der Waals surface area contributed by atoms with Crippen molar-refractivity contribution in [3.05, 3.63) is 58.1 Å². The molecule has 0 spiro atoms. The third-order valence-corrected chi connectivity index (χ3v) is 4.44. The normalized spacial score (nSPS) is 9.69. The maximum atomic E-state index is 8.36. The van der Waals surface area contributed by atoms with Crippen molar-refractivity contribution in [3.63, 3.8) is 0 Å². The molecule has 0 aromatic heterocycles. The lowest BCUT2D eigenvalue weighted by atomic mass is 9.93. The summed E-state index contributed by atoms with van der Waals surface area (Å²) in [6, 6.07) is 10.7. The molecule has 2 aromatic rings. The van der Waals surface area contributed by atoms with Gasteiger partial charge in [0, 0.05) is 24.1 Å². The van der Waals surface area contributed by atoms with E-state index < -0.39 is 0 Å². The lowest BCUT2D eigenvalue weighted by molar-refractivity contribution is -0.122. The van der Waals surface area contributed by atoms with Crippen molar-refractivity contribution in [1.29, 1.82) is 0 Å². The second-order valence-electron chi connectivity index (χ2n) is 6.52. The van der Waals surface area contributed by atoms with E-state index in [0.717, 1.165) is 36.4 Å². The fourth-order valence-corrected chi connectivity index (χ4v) is 3.36. The van der Waals surface area contributed by atoms with Crippen LogP contribution in [0.25, 0.3) is 0 Å². The summed E-state index contributed by atoms with van der Waals surface area (Å²) in [6.07, 6.45) is 1.85. The molecular formula is C24H37NO4. The molecule has 0 aliphatic rings. The van der Waals surface area contributed by atoms with Crippen LogP contribution in [0.5, 0.6) is 11.5 Å². The number of carbonyl (C=O) groups is 1. The van der Waals surface area contributed by atoms with Gasteiger partial charge in [-0.25, -0.2) is 0 Å². The van der Waals surface area contributed by atoms with Gasteiger partial charge in [0.15, 0.2) is 0 Å². The van der Waals surface area contributed by atoms with E-state index >= 15 is 0 Å². The third-order valence-electron chi connectivity index (χ3n) is 4.44. The Hall–Kier alpha value is -2.53. The molecule has 0 aliphatic carbocycles. The Labute approximate surface area is 176 Å². The highest BCUT2D eigenvalue weighted by molar-refractivity contribution is 5.53. The quantitative estimate of drug-likeness (QED) is 0.663. The van der Waals surface area contributed by atoms with Gasteiger partial charge in [0.2, 0.25) is 0 Å².